The van der Waals surface area contributed by atoms with Crippen molar-refractivity contribution in [1.29, 1.82) is 0 Å². The molecule has 0 radical (unpaired) electrons. The molecule has 0 atom stereocenters. The summed E-state index contributed by atoms with van der Waals surface area (Å²) < 4.78 is 15.5. The van der Waals surface area contributed by atoms with Crippen LogP contribution >= 0.6 is 0 Å². The molecule has 0 spiro atoms. The van der Waals surface area contributed by atoms with Crippen molar-refractivity contribution in [3.05, 3.63) is 0 Å². The van der Waals surface area contributed by atoms with Gasteiger partial charge in [-0.1, -0.05) is 39.5 Å². The van der Waals surface area contributed by atoms with Crippen molar-refractivity contribution in [2.45, 2.75) is 52.3 Å². The lowest BCUT2D eigenvalue weighted by atomic mass is 9.81. The van der Waals surface area contributed by atoms with Gasteiger partial charge in [-0.05, 0) is 18.3 Å². The Labute approximate surface area is 61.5 Å². The van der Waals surface area contributed by atoms with E-state index in [-0.39, 0.29) is 5.41 Å². The third-order valence-corrected chi connectivity index (χ3v) is 2.77. The fraction of sp³-hybridized carbons (Fsp3) is 1.00. The molecule has 0 saturated heterocycles. The van der Waals surface area contributed by atoms with Gasteiger partial charge in [-0.2, -0.15) is 0 Å². The van der Waals surface area contributed by atoms with Crippen molar-refractivity contribution in [2.75, 3.05) is 0 Å². The average Bonchev–Trinajstić information content (AvgIpc) is 2.33. The molecule has 1 aliphatic carbocycles. The van der Waals surface area contributed by atoms with E-state index < -0.39 is 6.37 Å². The molecule has 0 nitrogen and oxygen atoms in total. The molecule has 0 heteroatoms. The van der Waals surface area contributed by atoms with Gasteiger partial charge in [0.05, 0.1) is 0 Å². The van der Waals surface area contributed by atoms with Gasteiger partial charge in [0.1, 0.15) is 0 Å². The van der Waals surface area contributed by atoms with E-state index in [2.05, 4.69) is 6.92 Å². The first-order chi connectivity index (χ1) is 5.02. The third-order valence-electron chi connectivity index (χ3n) is 2.77. The summed E-state index contributed by atoms with van der Waals surface area (Å²) in [7, 11) is 0. The highest BCUT2D eigenvalue weighted by molar-refractivity contribution is 4.81. The molecule has 0 N–H and O–H groups in total. The molecule has 1 fully saturated rings. The normalized spacial score (nSPS) is 29.6. The summed E-state index contributed by atoms with van der Waals surface area (Å²) in [6, 6.07) is 0. The molecule has 0 bridgehead atoms. The monoisotopic (exact) mass is 128 g/mol. The number of rotatable bonds is 2. The molecule has 0 unspecified atom stereocenters. The van der Waals surface area contributed by atoms with Gasteiger partial charge in [0.25, 0.3) is 0 Å². The molecule has 0 heterocycles. The van der Waals surface area contributed by atoms with E-state index in [9.17, 15) is 0 Å². The maximum absolute atomic E-state index is 7.74. The number of hydrogen-bond donors (Lipinski definition) is 0. The first kappa shape index (κ1) is 4.76. The first-order valence-corrected chi connectivity index (χ1v) is 4.02. The van der Waals surface area contributed by atoms with Crippen LogP contribution in [0.15, 0.2) is 0 Å². The van der Waals surface area contributed by atoms with Gasteiger partial charge in [0.15, 0.2) is 0 Å². The van der Waals surface area contributed by atoms with Crippen LogP contribution in [0.5, 0.6) is 0 Å². The van der Waals surface area contributed by atoms with Gasteiger partial charge >= 0.3 is 0 Å². The van der Waals surface area contributed by atoms with Crippen LogP contribution in [0.2, 0.25) is 0 Å². The Morgan fingerprint density at radius 1 is 1.33 bits per heavy atom. The van der Waals surface area contributed by atoms with Crippen molar-refractivity contribution in [3.63, 3.8) is 0 Å². The highest BCUT2D eigenvalue weighted by Crippen LogP contribution is 2.43. The highest BCUT2D eigenvalue weighted by Gasteiger charge is 2.29. The average molecular weight is 128 g/mol. The summed E-state index contributed by atoms with van der Waals surface area (Å²) in [6.45, 7) is 3.86. The summed E-state index contributed by atoms with van der Waals surface area (Å²) in [6.07, 6.45) is 4.65. The Bertz CT molecular complexity index is 129. The van der Waals surface area contributed by atoms with Crippen molar-refractivity contribution in [1.82, 2.24) is 0 Å². The quantitative estimate of drug-likeness (QED) is 0.535. The Morgan fingerprint density at radius 2 is 1.89 bits per heavy atom. The lowest BCUT2D eigenvalue weighted by Gasteiger charge is -2.24. The van der Waals surface area contributed by atoms with Crippen molar-refractivity contribution in [3.8, 4) is 0 Å². The predicted octanol–water partition coefficient (Wildman–Crippen LogP) is 3.37. The Balaban J connectivity index is 2.75. The minimum atomic E-state index is -0.974. The SMILES string of the molecule is [2H]C([2H])(C)C1(CC)CCCC1. The summed E-state index contributed by atoms with van der Waals surface area (Å²) in [4.78, 5) is 0. The number of hydrogen-bond acceptors (Lipinski definition) is 0. The smallest absolute Gasteiger partial charge is 0.0269 e. The van der Waals surface area contributed by atoms with Gasteiger partial charge in [-0.3, -0.25) is 0 Å². The topological polar surface area (TPSA) is 0 Å². The molecule has 1 saturated carbocycles. The van der Waals surface area contributed by atoms with Gasteiger partial charge in [-0.15, -0.1) is 0 Å². The second-order valence-corrected chi connectivity index (χ2v) is 3.09. The van der Waals surface area contributed by atoms with Gasteiger partial charge in [-0.25, -0.2) is 0 Å². The van der Waals surface area contributed by atoms with E-state index >= 15 is 0 Å². The third kappa shape index (κ3) is 1.28. The molecule has 0 aromatic rings. The van der Waals surface area contributed by atoms with Crippen LogP contribution in [0.1, 0.15) is 55.1 Å². The first-order valence-electron chi connectivity index (χ1n) is 5.02. The fourth-order valence-electron chi connectivity index (χ4n) is 1.83. The second-order valence-electron chi connectivity index (χ2n) is 3.09. The van der Waals surface area contributed by atoms with Crippen molar-refractivity contribution in [2.24, 2.45) is 5.41 Å². The minimum Gasteiger partial charge on any atom is -0.0649 e. The zero-order valence-electron chi connectivity index (χ0n) is 8.54. The highest BCUT2D eigenvalue weighted by atomic mass is 14.3. The van der Waals surface area contributed by atoms with Gasteiger partial charge in [0, 0.05) is 2.74 Å². The van der Waals surface area contributed by atoms with Crippen molar-refractivity contribution < 1.29 is 2.74 Å². The summed E-state index contributed by atoms with van der Waals surface area (Å²) in [5.74, 6) is 0. The molecular weight excluding hydrogens is 108 g/mol. The maximum Gasteiger partial charge on any atom is 0.0269 e. The molecule has 1 rings (SSSR count). The molecule has 1 aliphatic rings. The van der Waals surface area contributed by atoms with E-state index in [0.29, 0.717) is 0 Å². The standard InChI is InChI=1S/C9H18/c1-3-9(4-2)7-5-6-8-9/h3-8H2,1-2H3/i3D2. The van der Waals surface area contributed by atoms with Crippen LogP contribution in [0, 0.1) is 5.41 Å². The van der Waals surface area contributed by atoms with Crippen LogP contribution in [0.4, 0.5) is 0 Å². The summed E-state index contributed by atoms with van der Waals surface area (Å²) >= 11 is 0. The van der Waals surface area contributed by atoms with Gasteiger partial charge < -0.3 is 0 Å². The minimum absolute atomic E-state index is 0.00694. The van der Waals surface area contributed by atoms with E-state index in [1.54, 1.807) is 6.92 Å². The molecule has 9 heavy (non-hydrogen) atoms. The Morgan fingerprint density at radius 3 is 2.11 bits per heavy atom. The maximum atomic E-state index is 7.74. The Kier molecular flexibility index (Phi) is 1.44. The van der Waals surface area contributed by atoms with Crippen LogP contribution < -0.4 is 0 Å². The van der Waals surface area contributed by atoms with E-state index in [0.717, 1.165) is 19.3 Å². The second kappa shape index (κ2) is 2.72. The molecule has 0 aromatic heterocycles. The largest absolute Gasteiger partial charge is 0.0649 e. The van der Waals surface area contributed by atoms with Crippen molar-refractivity contribution >= 4 is 0 Å². The van der Waals surface area contributed by atoms with E-state index in [1.165, 1.54) is 12.8 Å². The van der Waals surface area contributed by atoms with Crippen LogP contribution in [0.3, 0.4) is 0 Å². The Hall–Kier alpha value is 0. The lowest BCUT2D eigenvalue weighted by molar-refractivity contribution is 0.273. The molecular formula is C9H18. The molecule has 54 valence electrons. The van der Waals surface area contributed by atoms with Crippen LogP contribution in [-0.4, -0.2) is 0 Å². The van der Waals surface area contributed by atoms with E-state index in [4.69, 9.17) is 2.74 Å². The van der Waals surface area contributed by atoms with Crippen LogP contribution in [-0.2, 0) is 0 Å². The fourth-order valence-corrected chi connectivity index (χ4v) is 1.83. The molecule has 0 aromatic carbocycles. The zero-order chi connectivity index (χ0) is 8.54. The summed E-state index contributed by atoms with van der Waals surface area (Å²) in [5.41, 5.74) is 0.00694. The molecule has 0 aliphatic heterocycles. The lowest BCUT2D eigenvalue weighted by Crippen LogP contribution is -2.12. The van der Waals surface area contributed by atoms with E-state index in [1.807, 2.05) is 0 Å². The predicted molar refractivity (Wildman–Crippen MR) is 41.5 cm³/mol. The zero-order valence-corrected chi connectivity index (χ0v) is 6.54. The van der Waals surface area contributed by atoms with Crippen LogP contribution in [0.25, 0.3) is 0 Å². The summed E-state index contributed by atoms with van der Waals surface area (Å²) in [5, 5.41) is 0. The van der Waals surface area contributed by atoms with Gasteiger partial charge in [0.2, 0.25) is 0 Å². The molecule has 0 amide bonds.